The predicted octanol–water partition coefficient (Wildman–Crippen LogP) is 3.84. The largest absolute Gasteiger partial charge is 0.497 e. The Kier molecular flexibility index (Phi) is 3.99. The Balaban J connectivity index is 1.60. The summed E-state index contributed by atoms with van der Waals surface area (Å²) in [5.41, 5.74) is 3.44. The third-order valence-corrected chi connectivity index (χ3v) is 5.23. The number of aryl methyl sites for hydroxylation is 1. The number of nitrogens with zero attached hydrogens (tertiary/aromatic N) is 3. The third-order valence-electron chi connectivity index (χ3n) is 5.23. The average molecular weight is 335 g/mol. The first-order chi connectivity index (χ1) is 12.2. The first-order valence-corrected chi connectivity index (χ1v) is 8.58. The molecule has 0 bridgehead atoms. The Morgan fingerprint density at radius 3 is 2.60 bits per heavy atom. The molecule has 1 aromatic carbocycles. The van der Waals surface area contributed by atoms with Crippen molar-refractivity contribution in [3.05, 3.63) is 71.1 Å². The number of methoxy groups -OCH3 is 1. The number of benzene rings is 1. The zero-order chi connectivity index (χ0) is 17.3. The van der Waals surface area contributed by atoms with Crippen LogP contribution in [-0.4, -0.2) is 22.2 Å². The third kappa shape index (κ3) is 2.80. The minimum atomic E-state index is -0.111. The maximum absolute atomic E-state index is 5.58. The van der Waals surface area contributed by atoms with Crippen molar-refractivity contribution in [2.75, 3.05) is 7.11 Å². The lowest BCUT2D eigenvalue weighted by molar-refractivity contribution is 0.271. The zero-order valence-electron chi connectivity index (χ0n) is 14.5. The fourth-order valence-corrected chi connectivity index (χ4v) is 3.52. The van der Waals surface area contributed by atoms with Crippen molar-refractivity contribution in [2.24, 2.45) is 0 Å². The topological polar surface area (TPSA) is 61.0 Å². The highest BCUT2D eigenvalue weighted by atomic mass is 16.5. The SMILES string of the molecule is COc1ccc(Cc2nc(C3(c4ccncc4)CCC3)no2)c(C)c1. The molecule has 0 aliphatic heterocycles. The van der Waals surface area contributed by atoms with Crippen molar-refractivity contribution < 1.29 is 9.26 Å². The standard InChI is InChI=1S/C20H21N3O2/c1-14-12-17(24-2)5-4-15(14)13-18-22-19(23-25-18)20(8-3-9-20)16-6-10-21-11-7-16/h4-7,10-12H,3,8-9,13H2,1-2H3. The molecule has 3 aromatic rings. The van der Waals surface area contributed by atoms with Gasteiger partial charge in [0.05, 0.1) is 18.9 Å². The van der Waals surface area contributed by atoms with E-state index in [4.69, 9.17) is 14.2 Å². The van der Waals surface area contributed by atoms with Crippen molar-refractivity contribution in [2.45, 2.75) is 38.0 Å². The van der Waals surface area contributed by atoms with E-state index in [1.54, 1.807) is 7.11 Å². The molecule has 5 nitrogen and oxygen atoms in total. The van der Waals surface area contributed by atoms with Crippen LogP contribution in [0.4, 0.5) is 0 Å². The summed E-state index contributed by atoms with van der Waals surface area (Å²) in [6.07, 6.45) is 7.59. The second kappa shape index (κ2) is 6.31. The molecule has 0 amide bonds. The molecule has 128 valence electrons. The van der Waals surface area contributed by atoms with E-state index in [1.165, 1.54) is 17.5 Å². The summed E-state index contributed by atoms with van der Waals surface area (Å²) in [5, 5.41) is 4.32. The minimum Gasteiger partial charge on any atom is -0.497 e. The minimum absolute atomic E-state index is 0.111. The lowest BCUT2D eigenvalue weighted by Crippen LogP contribution is -2.36. The van der Waals surface area contributed by atoms with E-state index in [0.29, 0.717) is 12.3 Å². The van der Waals surface area contributed by atoms with Gasteiger partial charge in [0.2, 0.25) is 5.89 Å². The fraction of sp³-hybridized carbons (Fsp3) is 0.350. The van der Waals surface area contributed by atoms with Crippen molar-refractivity contribution in [3.8, 4) is 5.75 Å². The first-order valence-electron chi connectivity index (χ1n) is 8.58. The molecule has 0 atom stereocenters. The summed E-state index contributed by atoms with van der Waals surface area (Å²) >= 11 is 0. The number of ether oxygens (including phenoxy) is 1. The zero-order valence-corrected chi connectivity index (χ0v) is 14.5. The number of hydrogen-bond acceptors (Lipinski definition) is 5. The van der Waals surface area contributed by atoms with Gasteiger partial charge < -0.3 is 9.26 Å². The van der Waals surface area contributed by atoms with Crippen LogP contribution >= 0.6 is 0 Å². The molecule has 1 aliphatic rings. The lowest BCUT2D eigenvalue weighted by atomic mass is 9.64. The summed E-state index contributed by atoms with van der Waals surface area (Å²) in [6.45, 7) is 2.07. The van der Waals surface area contributed by atoms with E-state index < -0.39 is 0 Å². The second-order valence-corrected chi connectivity index (χ2v) is 6.65. The van der Waals surface area contributed by atoms with Crippen LogP contribution in [0.3, 0.4) is 0 Å². The normalized spacial score (nSPS) is 15.6. The van der Waals surface area contributed by atoms with Gasteiger partial charge in [-0.05, 0) is 60.7 Å². The van der Waals surface area contributed by atoms with Crippen LogP contribution in [0, 0.1) is 6.92 Å². The summed E-state index contributed by atoms with van der Waals surface area (Å²) in [5.74, 6) is 2.31. The van der Waals surface area contributed by atoms with Gasteiger partial charge in [-0.15, -0.1) is 0 Å². The van der Waals surface area contributed by atoms with Crippen LogP contribution in [0.5, 0.6) is 5.75 Å². The van der Waals surface area contributed by atoms with Crippen LogP contribution in [0.25, 0.3) is 0 Å². The molecule has 4 rings (SSSR count). The van der Waals surface area contributed by atoms with E-state index in [0.717, 1.165) is 30.0 Å². The summed E-state index contributed by atoms with van der Waals surface area (Å²) in [7, 11) is 1.68. The molecule has 25 heavy (non-hydrogen) atoms. The molecule has 0 unspecified atom stereocenters. The number of pyridine rings is 1. The first kappa shape index (κ1) is 15.8. The molecule has 2 aromatic heterocycles. The van der Waals surface area contributed by atoms with Crippen molar-refractivity contribution >= 4 is 0 Å². The Hall–Kier alpha value is -2.69. The lowest BCUT2D eigenvalue weighted by Gasteiger charge is -2.39. The summed E-state index contributed by atoms with van der Waals surface area (Å²) in [4.78, 5) is 8.85. The molecule has 2 heterocycles. The van der Waals surface area contributed by atoms with Crippen LogP contribution in [-0.2, 0) is 11.8 Å². The Morgan fingerprint density at radius 2 is 1.96 bits per heavy atom. The molecular formula is C20H21N3O2. The van der Waals surface area contributed by atoms with E-state index in [-0.39, 0.29) is 5.41 Å². The molecule has 0 N–H and O–H groups in total. The second-order valence-electron chi connectivity index (χ2n) is 6.65. The Labute approximate surface area is 147 Å². The molecule has 0 radical (unpaired) electrons. The van der Waals surface area contributed by atoms with Crippen LogP contribution in [0.1, 0.15) is 47.7 Å². The molecule has 5 heteroatoms. The highest BCUT2D eigenvalue weighted by Crippen LogP contribution is 2.47. The highest BCUT2D eigenvalue weighted by molar-refractivity contribution is 5.37. The van der Waals surface area contributed by atoms with E-state index in [9.17, 15) is 0 Å². The van der Waals surface area contributed by atoms with Gasteiger partial charge in [-0.3, -0.25) is 4.98 Å². The van der Waals surface area contributed by atoms with Gasteiger partial charge in [-0.2, -0.15) is 4.98 Å². The maximum atomic E-state index is 5.58. The van der Waals surface area contributed by atoms with Gasteiger partial charge in [0.25, 0.3) is 0 Å². The number of hydrogen-bond donors (Lipinski definition) is 0. The Morgan fingerprint density at radius 1 is 1.16 bits per heavy atom. The molecule has 0 saturated heterocycles. The van der Waals surface area contributed by atoms with Crippen LogP contribution in [0.15, 0.2) is 47.2 Å². The molecule has 1 saturated carbocycles. The van der Waals surface area contributed by atoms with Crippen LogP contribution in [0.2, 0.25) is 0 Å². The summed E-state index contributed by atoms with van der Waals surface area (Å²) in [6, 6.07) is 10.2. The molecule has 1 aliphatic carbocycles. The highest BCUT2D eigenvalue weighted by Gasteiger charge is 2.44. The van der Waals surface area contributed by atoms with Crippen molar-refractivity contribution in [1.82, 2.24) is 15.1 Å². The van der Waals surface area contributed by atoms with Gasteiger partial charge in [-0.1, -0.05) is 17.6 Å². The average Bonchev–Trinajstić information content (AvgIpc) is 3.05. The predicted molar refractivity (Wildman–Crippen MR) is 93.7 cm³/mol. The fourth-order valence-electron chi connectivity index (χ4n) is 3.52. The van der Waals surface area contributed by atoms with Gasteiger partial charge in [-0.25, -0.2) is 0 Å². The van der Waals surface area contributed by atoms with E-state index in [2.05, 4.69) is 35.3 Å². The van der Waals surface area contributed by atoms with Gasteiger partial charge >= 0.3 is 0 Å². The monoisotopic (exact) mass is 335 g/mol. The molecular weight excluding hydrogens is 314 g/mol. The smallest absolute Gasteiger partial charge is 0.231 e. The molecule has 0 spiro atoms. The van der Waals surface area contributed by atoms with Gasteiger partial charge in [0, 0.05) is 12.4 Å². The van der Waals surface area contributed by atoms with Crippen molar-refractivity contribution in [3.63, 3.8) is 0 Å². The number of rotatable bonds is 5. The van der Waals surface area contributed by atoms with E-state index >= 15 is 0 Å². The van der Waals surface area contributed by atoms with Gasteiger partial charge in [0.15, 0.2) is 5.82 Å². The quantitative estimate of drug-likeness (QED) is 0.709. The van der Waals surface area contributed by atoms with E-state index in [1.807, 2.05) is 24.5 Å². The van der Waals surface area contributed by atoms with Crippen LogP contribution < -0.4 is 4.74 Å². The Bertz CT molecular complexity index is 870. The molecule has 1 fully saturated rings. The van der Waals surface area contributed by atoms with Crippen molar-refractivity contribution in [1.29, 1.82) is 0 Å². The summed E-state index contributed by atoms with van der Waals surface area (Å²) < 4.78 is 10.8. The maximum Gasteiger partial charge on any atom is 0.231 e. The van der Waals surface area contributed by atoms with Gasteiger partial charge in [0.1, 0.15) is 5.75 Å². The number of aromatic nitrogens is 3.